The number of carbonyl (C=O) groups is 1. The van der Waals surface area contributed by atoms with Crippen molar-refractivity contribution in [1.82, 2.24) is 10.6 Å². The highest BCUT2D eigenvalue weighted by molar-refractivity contribution is 6.30. The normalized spacial score (nSPS) is 17.3. The van der Waals surface area contributed by atoms with E-state index in [2.05, 4.69) is 22.8 Å². The summed E-state index contributed by atoms with van der Waals surface area (Å²) in [5, 5.41) is 6.91. The summed E-state index contributed by atoms with van der Waals surface area (Å²) in [6, 6.07) is 8.04. The van der Waals surface area contributed by atoms with E-state index in [1.54, 1.807) is 0 Å². The number of hydrogen-bond donors (Lipinski definition) is 2. The van der Waals surface area contributed by atoms with Crippen LogP contribution >= 0.6 is 24.0 Å². The summed E-state index contributed by atoms with van der Waals surface area (Å²) in [6.07, 6.45) is 3.50. The van der Waals surface area contributed by atoms with Crippen molar-refractivity contribution in [3.05, 3.63) is 34.9 Å². The van der Waals surface area contributed by atoms with Gasteiger partial charge in [0.05, 0.1) is 0 Å². The summed E-state index contributed by atoms with van der Waals surface area (Å²) >= 11 is 5.95. The van der Waals surface area contributed by atoms with Crippen molar-refractivity contribution < 1.29 is 4.79 Å². The maximum Gasteiger partial charge on any atom is 0.224 e. The Bertz CT molecular complexity index is 458. The van der Waals surface area contributed by atoms with Gasteiger partial charge >= 0.3 is 0 Å². The van der Waals surface area contributed by atoms with Gasteiger partial charge in [-0.2, -0.15) is 0 Å². The standard InChI is InChI=1S/C16H23ClN2O.ClH/c1-12(10-18-2)15(20)19-11-16(8-3-9-16)13-4-6-14(17)7-5-13;/h4-7,12,18H,3,8-11H2,1-2H3,(H,19,20);1H. The number of amides is 1. The second-order valence-corrected chi connectivity index (χ2v) is 6.25. The molecule has 1 unspecified atom stereocenters. The van der Waals surface area contributed by atoms with Gasteiger partial charge in [-0.1, -0.05) is 37.1 Å². The molecule has 2 rings (SSSR count). The summed E-state index contributed by atoms with van der Waals surface area (Å²) in [5.74, 6) is 0.127. The van der Waals surface area contributed by atoms with Crippen LogP contribution in [-0.4, -0.2) is 26.0 Å². The van der Waals surface area contributed by atoms with Gasteiger partial charge in [0.1, 0.15) is 0 Å². The van der Waals surface area contributed by atoms with Crippen LogP contribution in [0, 0.1) is 5.92 Å². The maximum absolute atomic E-state index is 12.0. The molecule has 1 aromatic carbocycles. The topological polar surface area (TPSA) is 41.1 Å². The van der Waals surface area contributed by atoms with E-state index in [1.165, 1.54) is 12.0 Å². The van der Waals surface area contributed by atoms with Crippen LogP contribution in [0.15, 0.2) is 24.3 Å². The molecule has 118 valence electrons. The fourth-order valence-corrected chi connectivity index (χ4v) is 2.93. The number of hydrogen-bond acceptors (Lipinski definition) is 2. The minimum atomic E-state index is 0. The van der Waals surface area contributed by atoms with Gasteiger partial charge in [0.25, 0.3) is 0 Å². The van der Waals surface area contributed by atoms with Crippen LogP contribution in [0.2, 0.25) is 5.02 Å². The minimum absolute atomic E-state index is 0. The van der Waals surface area contributed by atoms with Gasteiger partial charge in [0.2, 0.25) is 5.91 Å². The summed E-state index contributed by atoms with van der Waals surface area (Å²) < 4.78 is 0. The van der Waals surface area contributed by atoms with Crippen LogP contribution in [-0.2, 0) is 10.2 Å². The Morgan fingerprint density at radius 1 is 1.33 bits per heavy atom. The monoisotopic (exact) mass is 330 g/mol. The highest BCUT2D eigenvalue weighted by Gasteiger charge is 2.38. The van der Waals surface area contributed by atoms with E-state index in [1.807, 2.05) is 26.1 Å². The van der Waals surface area contributed by atoms with E-state index in [4.69, 9.17) is 11.6 Å². The van der Waals surface area contributed by atoms with Crippen LogP contribution in [0.3, 0.4) is 0 Å². The molecule has 1 aliphatic rings. The molecule has 0 heterocycles. The number of carbonyl (C=O) groups excluding carboxylic acids is 1. The summed E-state index contributed by atoms with van der Waals surface area (Å²) in [7, 11) is 1.87. The van der Waals surface area contributed by atoms with E-state index < -0.39 is 0 Å². The van der Waals surface area contributed by atoms with Crippen molar-refractivity contribution in [3.8, 4) is 0 Å². The summed E-state index contributed by atoms with van der Waals surface area (Å²) in [4.78, 5) is 12.0. The smallest absolute Gasteiger partial charge is 0.224 e. The highest BCUT2D eigenvalue weighted by atomic mass is 35.5. The number of halogens is 2. The average molecular weight is 331 g/mol. The summed E-state index contributed by atoms with van der Waals surface area (Å²) in [6.45, 7) is 3.38. The Morgan fingerprint density at radius 2 is 1.95 bits per heavy atom. The third kappa shape index (κ3) is 4.35. The number of rotatable bonds is 6. The molecule has 0 bridgehead atoms. The van der Waals surface area contributed by atoms with Gasteiger partial charge in [-0.15, -0.1) is 12.4 Å². The molecule has 1 saturated carbocycles. The molecule has 3 nitrogen and oxygen atoms in total. The minimum Gasteiger partial charge on any atom is -0.355 e. The molecule has 5 heteroatoms. The lowest BCUT2D eigenvalue weighted by atomic mass is 9.64. The molecule has 1 aromatic rings. The SMILES string of the molecule is CNCC(C)C(=O)NCC1(c2ccc(Cl)cc2)CCC1.Cl. The molecule has 0 aromatic heterocycles. The zero-order chi connectivity index (χ0) is 14.6. The first-order valence-electron chi connectivity index (χ1n) is 7.26. The van der Waals surface area contributed by atoms with Crippen LogP contribution in [0.1, 0.15) is 31.7 Å². The van der Waals surface area contributed by atoms with Gasteiger partial charge in [-0.05, 0) is 37.6 Å². The maximum atomic E-state index is 12.0. The second-order valence-electron chi connectivity index (χ2n) is 5.82. The second kappa shape index (κ2) is 8.02. The molecule has 1 fully saturated rings. The zero-order valence-corrected chi connectivity index (χ0v) is 14.2. The van der Waals surface area contributed by atoms with Crippen LogP contribution in [0.5, 0.6) is 0 Å². The van der Waals surface area contributed by atoms with E-state index in [0.717, 1.165) is 24.4 Å². The highest BCUT2D eigenvalue weighted by Crippen LogP contribution is 2.43. The molecular weight excluding hydrogens is 307 g/mol. The molecule has 1 atom stereocenters. The Labute approximate surface area is 138 Å². The fourth-order valence-electron chi connectivity index (χ4n) is 2.80. The van der Waals surface area contributed by atoms with Crippen molar-refractivity contribution >= 4 is 29.9 Å². The lowest BCUT2D eigenvalue weighted by molar-refractivity contribution is -0.124. The fraction of sp³-hybridized carbons (Fsp3) is 0.562. The Balaban J connectivity index is 0.00000220. The predicted molar refractivity (Wildman–Crippen MR) is 90.3 cm³/mol. The third-order valence-corrected chi connectivity index (χ3v) is 4.58. The van der Waals surface area contributed by atoms with E-state index in [-0.39, 0.29) is 29.6 Å². The first-order valence-corrected chi connectivity index (χ1v) is 7.63. The van der Waals surface area contributed by atoms with Crippen molar-refractivity contribution in [2.24, 2.45) is 5.92 Å². The Kier molecular flexibility index (Phi) is 6.98. The van der Waals surface area contributed by atoms with E-state index in [0.29, 0.717) is 6.54 Å². The molecule has 0 aliphatic heterocycles. The Hall–Kier alpha value is -0.770. The van der Waals surface area contributed by atoms with Gasteiger partial charge < -0.3 is 10.6 Å². The molecule has 0 radical (unpaired) electrons. The van der Waals surface area contributed by atoms with Crippen molar-refractivity contribution in [3.63, 3.8) is 0 Å². The van der Waals surface area contributed by atoms with Gasteiger partial charge in [0, 0.05) is 29.4 Å². The molecule has 0 saturated heterocycles. The quantitative estimate of drug-likeness (QED) is 0.841. The average Bonchev–Trinajstić information content (AvgIpc) is 2.39. The van der Waals surface area contributed by atoms with Gasteiger partial charge in [-0.25, -0.2) is 0 Å². The van der Waals surface area contributed by atoms with Gasteiger partial charge in [-0.3, -0.25) is 4.79 Å². The van der Waals surface area contributed by atoms with Crippen LogP contribution < -0.4 is 10.6 Å². The number of nitrogens with one attached hydrogen (secondary N) is 2. The van der Waals surface area contributed by atoms with Crippen LogP contribution in [0.4, 0.5) is 0 Å². The first kappa shape index (κ1) is 18.3. The molecule has 1 amide bonds. The molecule has 0 spiro atoms. The lowest BCUT2D eigenvalue weighted by Gasteiger charge is -2.42. The first-order chi connectivity index (χ1) is 9.57. The summed E-state index contributed by atoms with van der Waals surface area (Å²) in [5.41, 5.74) is 1.40. The predicted octanol–water partition coefficient (Wildman–Crippen LogP) is 3.16. The van der Waals surface area contributed by atoms with Crippen molar-refractivity contribution in [2.75, 3.05) is 20.1 Å². The number of benzene rings is 1. The van der Waals surface area contributed by atoms with E-state index in [9.17, 15) is 4.79 Å². The van der Waals surface area contributed by atoms with E-state index >= 15 is 0 Å². The molecule has 21 heavy (non-hydrogen) atoms. The van der Waals surface area contributed by atoms with Gasteiger partial charge in [0.15, 0.2) is 0 Å². The van der Waals surface area contributed by atoms with Crippen LogP contribution in [0.25, 0.3) is 0 Å². The molecule has 1 aliphatic carbocycles. The van der Waals surface area contributed by atoms with Crippen molar-refractivity contribution in [1.29, 1.82) is 0 Å². The lowest BCUT2D eigenvalue weighted by Crippen LogP contribution is -2.47. The largest absolute Gasteiger partial charge is 0.355 e. The van der Waals surface area contributed by atoms with Crippen molar-refractivity contribution in [2.45, 2.75) is 31.6 Å². The molecular formula is C16H24Cl2N2O. The third-order valence-electron chi connectivity index (χ3n) is 4.33. The molecule has 2 N–H and O–H groups in total. The zero-order valence-electron chi connectivity index (χ0n) is 12.6. The Morgan fingerprint density at radius 3 is 2.43 bits per heavy atom.